The lowest BCUT2D eigenvalue weighted by atomic mass is 9.80. The fraction of sp³-hybridized carbons (Fsp3) is 0.450. The number of nitrogens with zero attached hydrogens (tertiary/aromatic N) is 8. The lowest BCUT2D eigenvalue weighted by molar-refractivity contribution is -0.238. The van der Waals surface area contributed by atoms with Crippen molar-refractivity contribution < 1.29 is 80.9 Å². The van der Waals surface area contributed by atoms with Crippen molar-refractivity contribution in [3.8, 4) is 22.9 Å². The smallest absolute Gasteiger partial charge is 0.463 e. The highest BCUT2D eigenvalue weighted by atomic mass is 79.9. The summed E-state index contributed by atoms with van der Waals surface area (Å²) in [6.07, 6.45) is -16.0. The molecular formula is C40H44BBrF12N8O6. The summed E-state index contributed by atoms with van der Waals surface area (Å²) in [5.74, 6) is -5.02. The zero-order valence-corrected chi connectivity index (χ0v) is 37.0. The summed E-state index contributed by atoms with van der Waals surface area (Å²) in [5.41, 5.74) is -0.183. The minimum atomic E-state index is -4.69. The van der Waals surface area contributed by atoms with E-state index in [1.54, 1.807) is 12.1 Å². The van der Waals surface area contributed by atoms with E-state index in [1.165, 1.54) is 35.1 Å². The van der Waals surface area contributed by atoms with Crippen LogP contribution in [0.15, 0.2) is 65.7 Å². The van der Waals surface area contributed by atoms with Crippen LogP contribution in [-0.2, 0) is 31.0 Å². The van der Waals surface area contributed by atoms with E-state index in [1.807, 2.05) is 27.7 Å². The number of hydrogen-bond donors (Lipinski definition) is 0. The van der Waals surface area contributed by atoms with Crippen molar-refractivity contribution >= 4 is 39.8 Å². The Morgan fingerprint density at radius 2 is 1.04 bits per heavy atom. The summed E-state index contributed by atoms with van der Waals surface area (Å²) in [6.45, 7) is 8.83. The van der Waals surface area contributed by atoms with Gasteiger partial charge in [0, 0.05) is 60.1 Å². The second-order valence-electron chi connectivity index (χ2n) is 15.0. The van der Waals surface area contributed by atoms with Gasteiger partial charge < -0.3 is 28.3 Å². The van der Waals surface area contributed by atoms with E-state index in [0.29, 0.717) is 17.0 Å². The van der Waals surface area contributed by atoms with Crippen LogP contribution in [0.4, 0.5) is 52.7 Å². The Hall–Kier alpha value is -5.32. The number of rotatable bonds is 10. The minimum Gasteiger partial charge on any atom is -0.463 e. The summed E-state index contributed by atoms with van der Waals surface area (Å²) < 4.78 is 188. The second kappa shape index (κ2) is 21.1. The zero-order valence-electron chi connectivity index (χ0n) is 35.4. The molecule has 0 spiro atoms. The Kier molecular flexibility index (Phi) is 17.7. The van der Waals surface area contributed by atoms with Gasteiger partial charge in [0.05, 0.1) is 11.2 Å². The van der Waals surface area contributed by atoms with E-state index in [-0.39, 0.29) is 37.1 Å². The van der Waals surface area contributed by atoms with Crippen molar-refractivity contribution in [2.24, 2.45) is 0 Å². The Bertz CT molecular complexity index is 2640. The number of ether oxygens (including phenoxy) is 4. The summed E-state index contributed by atoms with van der Waals surface area (Å²) >= 11 is 3.18. The third-order valence-electron chi connectivity index (χ3n) is 9.80. The van der Waals surface area contributed by atoms with Crippen LogP contribution < -0.4 is 14.9 Å². The first-order chi connectivity index (χ1) is 30.4. The minimum absolute atomic E-state index is 0. The zero-order chi connectivity index (χ0) is 49.4. The lowest BCUT2D eigenvalue weighted by Crippen LogP contribution is -2.41. The van der Waals surface area contributed by atoms with Gasteiger partial charge in [-0.2, -0.15) is 43.9 Å². The third kappa shape index (κ3) is 12.9. The topological polar surface area (TPSA) is 142 Å². The van der Waals surface area contributed by atoms with Crippen LogP contribution in [0.5, 0.6) is 11.8 Å². The Labute approximate surface area is 389 Å². The van der Waals surface area contributed by atoms with Gasteiger partial charge in [0.2, 0.25) is 11.6 Å². The maximum atomic E-state index is 14.1. The van der Waals surface area contributed by atoms with Crippen LogP contribution in [0.2, 0.25) is 0 Å². The third-order valence-corrected chi connectivity index (χ3v) is 10.3. The average molecular weight is 1050 g/mol. The maximum absolute atomic E-state index is 14.1. The molecule has 0 radical (unpaired) electrons. The van der Waals surface area contributed by atoms with Crippen LogP contribution in [0, 0.1) is 11.6 Å². The number of pyridine rings is 4. The van der Waals surface area contributed by atoms with Gasteiger partial charge in [0.1, 0.15) is 0 Å². The van der Waals surface area contributed by atoms with Gasteiger partial charge in [-0.15, -0.1) is 20.4 Å². The Morgan fingerprint density at radius 3 is 1.47 bits per heavy atom. The van der Waals surface area contributed by atoms with Gasteiger partial charge in [0.15, 0.2) is 35.1 Å². The van der Waals surface area contributed by atoms with E-state index < -0.39 is 90.1 Å². The van der Waals surface area contributed by atoms with Gasteiger partial charge in [-0.1, -0.05) is 14.9 Å². The van der Waals surface area contributed by atoms with E-state index in [9.17, 15) is 52.7 Å². The molecule has 28 heteroatoms. The molecule has 0 unspecified atom stereocenters. The average Bonchev–Trinajstić information content (AvgIpc) is 3.92. The molecule has 0 saturated carbocycles. The molecule has 6 aromatic rings. The first-order valence-electron chi connectivity index (χ1n) is 18.8. The predicted molar refractivity (Wildman–Crippen MR) is 224 cm³/mol. The highest BCUT2D eigenvalue weighted by Gasteiger charge is 2.52. The van der Waals surface area contributed by atoms with E-state index in [0.717, 1.165) is 43.9 Å². The first kappa shape index (κ1) is 57.0. The van der Waals surface area contributed by atoms with Gasteiger partial charge in [-0.25, -0.2) is 18.7 Å². The molecule has 68 heavy (non-hydrogen) atoms. The van der Waals surface area contributed by atoms with Gasteiger partial charge in [-0.3, -0.25) is 8.80 Å². The highest BCUT2D eigenvalue weighted by molar-refractivity contribution is 9.10. The van der Waals surface area contributed by atoms with Crippen molar-refractivity contribution in [1.82, 2.24) is 39.2 Å². The van der Waals surface area contributed by atoms with Crippen LogP contribution in [0.25, 0.3) is 22.4 Å². The predicted octanol–water partition coefficient (Wildman–Crippen LogP) is 10.3. The molecule has 7 rings (SSSR count). The molecular weight excluding hydrogens is 1010 g/mol. The van der Waals surface area contributed by atoms with Crippen LogP contribution >= 0.6 is 15.9 Å². The van der Waals surface area contributed by atoms with Crippen LogP contribution in [-0.4, -0.2) is 96.3 Å². The molecule has 1 aliphatic heterocycles. The molecule has 6 aromatic heterocycles. The second-order valence-corrected chi connectivity index (χ2v) is 15.9. The van der Waals surface area contributed by atoms with Gasteiger partial charge in [-0.05, 0) is 93.9 Å². The highest BCUT2D eigenvalue weighted by Crippen LogP contribution is 2.37. The summed E-state index contributed by atoms with van der Waals surface area (Å²) in [4.78, 5) is 7.17. The maximum Gasteiger partial charge on any atom is 0.496 e. The van der Waals surface area contributed by atoms with Crippen molar-refractivity contribution in [3.63, 3.8) is 0 Å². The molecule has 0 aliphatic carbocycles. The standard InChI is InChI=1S/C16H12F6N4O2.C14H18BF4NO3.C8H6BrF2N3O.2CH4/c1-8(15(18,19)20)28-13-11(17)5-10(6-23-13)9-3-4-12-24-25-14(26(12)7-9)16(21,22)27-2;1-8(14(17,18)19)21-11-10(16)6-9(7-20-11)15-22-12(2,3)13(4,5)23-15;1-15-8(10,11)7-13-12-6-3-2-5(9)4-14(6)7;;/h3-8H,1-2H3;6-8H,1-5H3;2-4H,1H3;2*1H4/t2*8-;;;/m11.../s1. The van der Waals surface area contributed by atoms with Gasteiger partial charge >= 0.3 is 31.7 Å². The summed E-state index contributed by atoms with van der Waals surface area (Å²) in [7, 11) is 0.861. The van der Waals surface area contributed by atoms with E-state index in [2.05, 4.69) is 65.2 Å². The first-order valence-corrected chi connectivity index (χ1v) is 19.6. The number of halogens is 13. The Morgan fingerprint density at radius 1 is 0.618 bits per heavy atom. The molecule has 0 bridgehead atoms. The number of aromatic nitrogens is 8. The number of fused-ring (bicyclic) bond motifs is 2. The molecule has 2 atom stereocenters. The summed E-state index contributed by atoms with van der Waals surface area (Å²) in [6, 6.07) is 7.95. The summed E-state index contributed by atoms with van der Waals surface area (Å²) in [5, 5.41) is 14.0. The van der Waals surface area contributed by atoms with Gasteiger partial charge in [0.25, 0.3) is 11.8 Å². The molecule has 374 valence electrons. The van der Waals surface area contributed by atoms with E-state index in [4.69, 9.17) is 9.31 Å². The molecule has 0 N–H and O–H groups in total. The monoisotopic (exact) mass is 1050 g/mol. The molecule has 0 aromatic carbocycles. The molecule has 1 fully saturated rings. The quantitative estimate of drug-likeness (QED) is 0.0952. The lowest BCUT2D eigenvalue weighted by Gasteiger charge is -2.32. The molecule has 1 saturated heterocycles. The fourth-order valence-electron chi connectivity index (χ4n) is 5.28. The Balaban J connectivity index is 0.000000277. The molecule has 7 heterocycles. The molecule has 0 amide bonds. The van der Waals surface area contributed by atoms with Crippen molar-refractivity contribution in [2.45, 2.75) is 104 Å². The van der Waals surface area contributed by atoms with E-state index >= 15 is 0 Å². The molecule has 14 nitrogen and oxygen atoms in total. The largest absolute Gasteiger partial charge is 0.496 e. The number of methoxy groups -OCH3 is 2. The van der Waals surface area contributed by atoms with Crippen LogP contribution in [0.1, 0.15) is 68.0 Å². The van der Waals surface area contributed by atoms with Crippen LogP contribution in [0.3, 0.4) is 0 Å². The van der Waals surface area contributed by atoms with Crippen molar-refractivity contribution in [3.05, 3.63) is 88.9 Å². The van der Waals surface area contributed by atoms with Crippen molar-refractivity contribution in [1.29, 1.82) is 0 Å². The SMILES string of the molecule is C.C.COC(F)(F)c1nnc2ccc(-c3cnc(O[C@H](C)C(F)(F)F)c(F)c3)cn12.COC(F)(F)c1nnc2ccc(Br)cn12.C[C@@H](Oc1ncc(B2OC(C)(C)C(C)(C)O2)cc1F)C(F)(F)F. The number of hydrogen-bond acceptors (Lipinski definition) is 12. The fourth-order valence-corrected chi connectivity index (χ4v) is 5.62. The molecule has 1 aliphatic rings. The number of alkyl halides is 10. The normalized spacial score (nSPS) is 15.6. The van der Waals surface area contributed by atoms with Crippen molar-refractivity contribution in [2.75, 3.05) is 14.2 Å².